The molecule has 2 aliphatic rings. The Kier molecular flexibility index (Phi) is 12.1. The Hall–Kier alpha value is -5.62. The molecule has 0 unspecified atom stereocenters. The number of hydrogen-bond donors (Lipinski definition) is 0. The third-order valence-corrected chi connectivity index (χ3v) is 10.4. The number of carbonyl (C=O) groups is 6. The monoisotopic (exact) mass is 734 g/mol. The summed E-state index contributed by atoms with van der Waals surface area (Å²) >= 11 is -0.258. The fourth-order valence-electron chi connectivity index (χ4n) is 4.35. The first-order chi connectivity index (χ1) is 22.6. The average molecular weight is 733 g/mol. The number of aromatic carboxylic acids is 2. The molecule has 10 nitrogen and oxygen atoms in total. The van der Waals surface area contributed by atoms with Gasteiger partial charge in [-0.1, -0.05) is 24.3 Å². The molecule has 0 aromatic heterocycles. The Morgan fingerprint density at radius 3 is 1.04 bits per heavy atom. The molecule has 0 radical (unpaired) electrons. The first-order valence-corrected chi connectivity index (χ1v) is 18.2. The van der Waals surface area contributed by atoms with Crippen LogP contribution in [0.1, 0.15) is 31.8 Å². The number of nitrogens with zero attached hydrogens (tertiary/aromatic N) is 2. The van der Waals surface area contributed by atoms with Crippen molar-refractivity contribution in [1.82, 2.24) is 0 Å². The fraction of sp³-hybridized carbons (Fsp3) is 0.0556. The second kappa shape index (κ2) is 16.6. The van der Waals surface area contributed by atoms with Crippen LogP contribution in [0.2, 0.25) is 0 Å². The first-order valence-electron chi connectivity index (χ1n) is 14.2. The van der Waals surface area contributed by atoms with Crippen LogP contribution in [-0.4, -0.2) is 56.7 Å². The van der Waals surface area contributed by atoms with Crippen molar-refractivity contribution in [3.8, 4) is 0 Å². The normalized spacial score (nSPS) is 13.0. The summed E-state index contributed by atoms with van der Waals surface area (Å²) < 4.78 is 2.69. The number of anilines is 2. The summed E-state index contributed by atoms with van der Waals surface area (Å²) in [4.78, 5) is 68.1. The quantitative estimate of drug-likeness (QED) is 0.197. The van der Waals surface area contributed by atoms with E-state index in [1.54, 1.807) is 0 Å². The van der Waals surface area contributed by atoms with Crippen LogP contribution >= 0.6 is 0 Å². The van der Waals surface area contributed by atoms with Gasteiger partial charge in [-0.3, -0.25) is 19.2 Å². The van der Waals surface area contributed by atoms with E-state index in [2.05, 4.69) is 60.7 Å². The molecule has 0 saturated heterocycles. The maximum absolute atomic E-state index is 11.3. The molecule has 232 valence electrons. The Morgan fingerprint density at radius 1 is 0.468 bits per heavy atom. The zero-order valence-electron chi connectivity index (χ0n) is 24.8. The van der Waals surface area contributed by atoms with E-state index in [0.717, 1.165) is 34.1 Å². The summed E-state index contributed by atoms with van der Waals surface area (Å²) in [5.41, 5.74) is 3.70. The van der Waals surface area contributed by atoms with Gasteiger partial charge in [0.1, 0.15) is 0 Å². The number of benzene rings is 4. The predicted molar refractivity (Wildman–Crippen MR) is 171 cm³/mol. The second-order valence-electron chi connectivity index (χ2n) is 9.93. The van der Waals surface area contributed by atoms with E-state index in [9.17, 15) is 39.0 Å². The topological polar surface area (TPSA) is 155 Å². The van der Waals surface area contributed by atoms with Gasteiger partial charge in [0, 0.05) is 24.3 Å². The maximum atomic E-state index is 11.3. The van der Waals surface area contributed by atoms with Crippen LogP contribution in [0.5, 0.6) is 0 Å². The average Bonchev–Trinajstić information content (AvgIpc) is 3.61. The molecule has 0 fully saturated rings. The van der Waals surface area contributed by atoms with Crippen molar-refractivity contribution in [3.63, 3.8) is 0 Å². The third kappa shape index (κ3) is 9.68. The number of carboxylic acids is 2. The van der Waals surface area contributed by atoms with Crippen LogP contribution in [0, 0.1) is 0 Å². The van der Waals surface area contributed by atoms with Crippen molar-refractivity contribution in [1.29, 1.82) is 0 Å². The van der Waals surface area contributed by atoms with Gasteiger partial charge in [0.15, 0.2) is 0 Å². The zero-order chi connectivity index (χ0) is 33.8. The number of carbonyl (C=O) groups excluding carboxylic acids is 6. The predicted octanol–water partition coefficient (Wildman–Crippen LogP) is 2.05. The van der Waals surface area contributed by atoms with E-state index < -0.39 is 35.6 Å². The molecule has 0 bridgehead atoms. The SMILES string of the molecule is O=C([O-])c1ccc(N2C(=O)C=CC2=O)cc1.O=C([O-])c1ccc(N2C(=O)C=CC2=O)cc1.c1ccc([CH2][Sn+2][CH2]c2ccccc2)cc1. The van der Waals surface area contributed by atoms with Crippen molar-refractivity contribution in [2.75, 3.05) is 9.80 Å². The van der Waals surface area contributed by atoms with Crippen LogP contribution < -0.4 is 20.0 Å². The molecular weight excluding hydrogens is 707 g/mol. The van der Waals surface area contributed by atoms with Gasteiger partial charge in [-0.15, -0.1) is 0 Å². The van der Waals surface area contributed by atoms with E-state index in [4.69, 9.17) is 0 Å². The van der Waals surface area contributed by atoms with E-state index >= 15 is 0 Å². The standard InChI is InChI=1S/2C11H7NO4.2C7H7.Sn/c2*13-9-5-6-10(14)12(9)8-3-1-7(2-4-8)11(15)16;2*1-7-5-3-2-4-6-7;/h2*1-6H,(H,15,16);2*2-6H,1H2;/q;;;;+2/p-2. The molecule has 0 spiro atoms. The van der Waals surface area contributed by atoms with Crippen LogP contribution in [0.4, 0.5) is 11.4 Å². The van der Waals surface area contributed by atoms with Crippen molar-refractivity contribution < 1.29 is 39.0 Å². The fourth-order valence-corrected chi connectivity index (χ4v) is 7.70. The molecule has 11 heteroatoms. The third-order valence-electron chi connectivity index (χ3n) is 6.68. The molecule has 0 atom stereocenters. The first kappa shape index (κ1) is 34.3. The Labute approximate surface area is 280 Å². The van der Waals surface area contributed by atoms with E-state index in [-0.39, 0.29) is 32.3 Å². The van der Waals surface area contributed by atoms with E-state index in [1.165, 1.54) is 68.5 Å². The summed E-state index contributed by atoms with van der Waals surface area (Å²) in [7, 11) is 0. The Balaban J connectivity index is 0.000000160. The summed E-state index contributed by atoms with van der Waals surface area (Å²) in [5.74, 6) is -4.36. The molecule has 0 N–H and O–H groups in total. The molecule has 2 aliphatic heterocycles. The van der Waals surface area contributed by atoms with Gasteiger partial charge in [-0.05, 0) is 35.4 Å². The molecule has 4 aromatic carbocycles. The number of imide groups is 2. The van der Waals surface area contributed by atoms with Gasteiger partial charge < -0.3 is 19.8 Å². The van der Waals surface area contributed by atoms with Crippen LogP contribution in [0.25, 0.3) is 0 Å². The molecule has 47 heavy (non-hydrogen) atoms. The molecular formula is C36H26N2O8Sn. The van der Waals surface area contributed by atoms with Crippen LogP contribution in [0.3, 0.4) is 0 Å². The van der Waals surface area contributed by atoms with Gasteiger partial charge in [0.2, 0.25) is 0 Å². The van der Waals surface area contributed by atoms with Crippen LogP contribution in [-0.2, 0) is 28.1 Å². The van der Waals surface area contributed by atoms with Gasteiger partial charge in [-0.25, -0.2) is 9.80 Å². The van der Waals surface area contributed by atoms with Crippen molar-refractivity contribution in [3.05, 3.63) is 156 Å². The summed E-state index contributed by atoms with van der Waals surface area (Å²) in [6.07, 6.45) is 4.65. The van der Waals surface area contributed by atoms with Crippen LogP contribution in [0.15, 0.2) is 133 Å². The zero-order valence-corrected chi connectivity index (χ0v) is 27.6. The van der Waals surface area contributed by atoms with Crippen molar-refractivity contribution in [2.45, 2.75) is 8.87 Å². The second-order valence-corrected chi connectivity index (χ2v) is 13.4. The summed E-state index contributed by atoms with van der Waals surface area (Å²) in [6, 6.07) is 32.3. The number of amides is 4. The molecule has 0 saturated carbocycles. The Bertz CT molecular complexity index is 1650. The van der Waals surface area contributed by atoms with Gasteiger partial charge >= 0.3 is 102 Å². The van der Waals surface area contributed by atoms with E-state index in [1.807, 2.05) is 0 Å². The number of hydrogen-bond acceptors (Lipinski definition) is 8. The minimum absolute atomic E-state index is 0.00389. The van der Waals surface area contributed by atoms with Gasteiger partial charge in [0.05, 0.1) is 23.3 Å². The van der Waals surface area contributed by atoms with Crippen molar-refractivity contribution >= 4 is 68.1 Å². The molecule has 0 aliphatic carbocycles. The van der Waals surface area contributed by atoms with E-state index in [0.29, 0.717) is 11.4 Å². The number of carboxylic acid groups (broad SMARTS) is 2. The molecule has 2 heterocycles. The minimum atomic E-state index is -1.30. The molecule has 4 aromatic rings. The number of rotatable bonds is 8. The summed E-state index contributed by atoms with van der Waals surface area (Å²) in [6.45, 7) is 0. The van der Waals surface area contributed by atoms with Crippen molar-refractivity contribution in [2.24, 2.45) is 0 Å². The van der Waals surface area contributed by atoms with Gasteiger partial charge in [0.25, 0.3) is 23.6 Å². The van der Waals surface area contributed by atoms with Gasteiger partial charge in [-0.2, -0.15) is 0 Å². The Morgan fingerprint density at radius 2 is 0.766 bits per heavy atom. The molecule has 6 rings (SSSR count). The molecule has 4 amide bonds. The summed E-state index contributed by atoms with van der Waals surface area (Å²) in [5, 5.41) is 21.0.